The van der Waals surface area contributed by atoms with E-state index in [9.17, 15) is 4.79 Å². The van der Waals surface area contributed by atoms with Crippen molar-refractivity contribution in [3.05, 3.63) is 36.5 Å². The van der Waals surface area contributed by atoms with Gasteiger partial charge in [0.25, 0.3) is 0 Å². The molecule has 0 aromatic carbocycles. The van der Waals surface area contributed by atoms with Gasteiger partial charge in [-0.25, -0.2) is 4.79 Å². The number of hydrogen-bond acceptors (Lipinski definition) is 2. The van der Waals surface area contributed by atoms with Crippen molar-refractivity contribution in [2.75, 3.05) is 6.61 Å². The monoisotopic (exact) mass is 192 g/mol. The summed E-state index contributed by atoms with van der Waals surface area (Å²) in [5, 5.41) is 0. The van der Waals surface area contributed by atoms with Crippen molar-refractivity contribution in [3.63, 3.8) is 0 Å². The SMILES string of the molecule is C=CCOC(=O)C(=C)C1=CCCCC1. The Morgan fingerprint density at radius 2 is 2.36 bits per heavy atom. The maximum absolute atomic E-state index is 11.4. The zero-order valence-corrected chi connectivity index (χ0v) is 8.42. The molecule has 14 heavy (non-hydrogen) atoms. The van der Waals surface area contributed by atoms with Crippen LogP contribution in [0.15, 0.2) is 36.5 Å². The summed E-state index contributed by atoms with van der Waals surface area (Å²) in [7, 11) is 0. The second-order valence-corrected chi connectivity index (χ2v) is 3.34. The molecular formula is C12H16O2. The first-order chi connectivity index (χ1) is 6.75. The van der Waals surface area contributed by atoms with Crippen LogP contribution in [0.25, 0.3) is 0 Å². The van der Waals surface area contributed by atoms with Crippen LogP contribution >= 0.6 is 0 Å². The van der Waals surface area contributed by atoms with Gasteiger partial charge in [-0.1, -0.05) is 25.3 Å². The van der Waals surface area contributed by atoms with Crippen LogP contribution in [0, 0.1) is 0 Å². The average Bonchev–Trinajstić information content (AvgIpc) is 2.26. The molecule has 2 heteroatoms. The van der Waals surface area contributed by atoms with Gasteiger partial charge in [0.05, 0.1) is 5.57 Å². The van der Waals surface area contributed by atoms with E-state index in [0.29, 0.717) is 5.57 Å². The second kappa shape index (κ2) is 5.43. The topological polar surface area (TPSA) is 26.3 Å². The van der Waals surface area contributed by atoms with Crippen molar-refractivity contribution in [1.29, 1.82) is 0 Å². The Balaban J connectivity index is 2.50. The molecule has 0 heterocycles. The minimum absolute atomic E-state index is 0.255. The lowest BCUT2D eigenvalue weighted by atomic mass is 9.94. The number of esters is 1. The van der Waals surface area contributed by atoms with Gasteiger partial charge in [0.1, 0.15) is 6.61 Å². The van der Waals surface area contributed by atoms with Crippen LogP contribution in [0.4, 0.5) is 0 Å². The maximum atomic E-state index is 11.4. The molecule has 1 aliphatic rings. The Morgan fingerprint density at radius 1 is 1.57 bits per heavy atom. The molecule has 0 unspecified atom stereocenters. The van der Waals surface area contributed by atoms with Gasteiger partial charge in [-0.05, 0) is 31.3 Å². The molecule has 0 spiro atoms. The molecule has 0 saturated carbocycles. The molecule has 0 N–H and O–H groups in total. The fraction of sp³-hybridized carbons (Fsp3) is 0.417. The third kappa shape index (κ3) is 2.87. The Bertz CT molecular complexity index is 274. The maximum Gasteiger partial charge on any atom is 0.338 e. The smallest absolute Gasteiger partial charge is 0.338 e. The highest BCUT2D eigenvalue weighted by molar-refractivity contribution is 5.92. The van der Waals surface area contributed by atoms with Crippen molar-refractivity contribution in [2.45, 2.75) is 25.7 Å². The molecule has 0 saturated heterocycles. The van der Waals surface area contributed by atoms with Crippen LogP contribution in [0.1, 0.15) is 25.7 Å². The first-order valence-electron chi connectivity index (χ1n) is 4.92. The van der Waals surface area contributed by atoms with Crippen molar-refractivity contribution < 1.29 is 9.53 Å². The number of allylic oxidation sites excluding steroid dienone is 1. The standard InChI is InChI=1S/C12H16O2/c1-3-9-14-12(13)10(2)11-7-5-4-6-8-11/h3,7H,1-2,4-6,8-9H2. The minimum Gasteiger partial charge on any atom is -0.458 e. The third-order valence-electron chi connectivity index (χ3n) is 2.26. The fourth-order valence-electron chi connectivity index (χ4n) is 1.47. The molecule has 1 aliphatic carbocycles. The summed E-state index contributed by atoms with van der Waals surface area (Å²) < 4.78 is 4.91. The van der Waals surface area contributed by atoms with Crippen molar-refractivity contribution in [1.82, 2.24) is 0 Å². The zero-order valence-electron chi connectivity index (χ0n) is 8.42. The highest BCUT2D eigenvalue weighted by Gasteiger charge is 2.14. The van der Waals surface area contributed by atoms with E-state index in [1.807, 2.05) is 0 Å². The molecule has 0 bridgehead atoms. The summed E-state index contributed by atoms with van der Waals surface area (Å²) in [5.41, 5.74) is 1.55. The van der Waals surface area contributed by atoms with E-state index in [4.69, 9.17) is 4.74 Å². The van der Waals surface area contributed by atoms with Gasteiger partial charge in [-0.15, -0.1) is 0 Å². The number of hydrogen-bond donors (Lipinski definition) is 0. The molecule has 0 radical (unpaired) electrons. The van der Waals surface area contributed by atoms with Gasteiger partial charge < -0.3 is 4.74 Å². The molecule has 0 aliphatic heterocycles. The molecule has 0 atom stereocenters. The highest BCUT2D eigenvalue weighted by Crippen LogP contribution is 2.23. The first-order valence-corrected chi connectivity index (χ1v) is 4.92. The quantitative estimate of drug-likeness (QED) is 0.389. The number of ether oxygens (including phenoxy) is 1. The Kier molecular flexibility index (Phi) is 4.17. The summed E-state index contributed by atoms with van der Waals surface area (Å²) in [6.07, 6.45) is 7.98. The van der Waals surface area contributed by atoms with E-state index in [2.05, 4.69) is 19.2 Å². The normalized spacial score (nSPS) is 15.6. The summed E-state index contributed by atoms with van der Waals surface area (Å²) >= 11 is 0. The Hall–Kier alpha value is -1.31. The van der Waals surface area contributed by atoms with Gasteiger partial charge in [0.2, 0.25) is 0 Å². The number of carbonyl (C=O) groups excluding carboxylic acids is 1. The fourth-order valence-corrected chi connectivity index (χ4v) is 1.47. The number of carbonyl (C=O) groups is 1. The summed E-state index contributed by atoms with van der Waals surface area (Å²) in [5.74, 6) is -0.321. The van der Waals surface area contributed by atoms with E-state index >= 15 is 0 Å². The van der Waals surface area contributed by atoms with Crippen LogP contribution in [-0.2, 0) is 9.53 Å². The van der Waals surface area contributed by atoms with Gasteiger partial charge in [0, 0.05) is 0 Å². The zero-order chi connectivity index (χ0) is 10.4. The minimum atomic E-state index is -0.321. The predicted octanol–water partition coefficient (Wildman–Crippen LogP) is 2.77. The Morgan fingerprint density at radius 3 is 2.93 bits per heavy atom. The van der Waals surface area contributed by atoms with Crippen molar-refractivity contribution in [3.8, 4) is 0 Å². The summed E-state index contributed by atoms with van der Waals surface area (Å²) in [4.78, 5) is 11.4. The molecule has 76 valence electrons. The lowest BCUT2D eigenvalue weighted by Gasteiger charge is -2.13. The highest BCUT2D eigenvalue weighted by atomic mass is 16.5. The Labute approximate surface area is 85.0 Å². The van der Waals surface area contributed by atoms with Crippen LogP contribution in [0.2, 0.25) is 0 Å². The van der Waals surface area contributed by atoms with E-state index in [-0.39, 0.29) is 12.6 Å². The molecule has 0 fully saturated rings. The van der Waals surface area contributed by atoms with Gasteiger partial charge >= 0.3 is 5.97 Å². The van der Waals surface area contributed by atoms with Crippen LogP contribution < -0.4 is 0 Å². The third-order valence-corrected chi connectivity index (χ3v) is 2.26. The second-order valence-electron chi connectivity index (χ2n) is 3.34. The largest absolute Gasteiger partial charge is 0.458 e. The van der Waals surface area contributed by atoms with Gasteiger partial charge in [-0.3, -0.25) is 0 Å². The van der Waals surface area contributed by atoms with Gasteiger partial charge in [0.15, 0.2) is 0 Å². The van der Waals surface area contributed by atoms with Crippen LogP contribution in [0.3, 0.4) is 0 Å². The van der Waals surface area contributed by atoms with E-state index < -0.39 is 0 Å². The van der Waals surface area contributed by atoms with Crippen molar-refractivity contribution in [2.24, 2.45) is 0 Å². The average molecular weight is 192 g/mol. The predicted molar refractivity (Wildman–Crippen MR) is 56.8 cm³/mol. The lowest BCUT2D eigenvalue weighted by Crippen LogP contribution is -2.10. The molecule has 0 aromatic heterocycles. The van der Waals surface area contributed by atoms with Crippen LogP contribution in [0.5, 0.6) is 0 Å². The molecule has 1 rings (SSSR count). The van der Waals surface area contributed by atoms with E-state index in [1.165, 1.54) is 6.42 Å². The molecule has 0 aromatic rings. The summed E-state index contributed by atoms with van der Waals surface area (Å²) in [6, 6.07) is 0. The van der Waals surface area contributed by atoms with E-state index in [1.54, 1.807) is 6.08 Å². The first kappa shape index (κ1) is 10.8. The van der Waals surface area contributed by atoms with Gasteiger partial charge in [-0.2, -0.15) is 0 Å². The van der Waals surface area contributed by atoms with Crippen molar-refractivity contribution >= 4 is 5.97 Å². The van der Waals surface area contributed by atoms with E-state index in [0.717, 1.165) is 24.8 Å². The van der Waals surface area contributed by atoms with Crippen LogP contribution in [-0.4, -0.2) is 12.6 Å². The summed E-state index contributed by atoms with van der Waals surface area (Å²) in [6.45, 7) is 7.49. The lowest BCUT2D eigenvalue weighted by molar-refractivity contribution is -0.137. The molecule has 0 amide bonds. The number of rotatable bonds is 4. The molecular weight excluding hydrogens is 176 g/mol. The molecule has 2 nitrogen and oxygen atoms in total.